The first-order valence-electron chi connectivity index (χ1n) is 4.51. The lowest BCUT2D eigenvalue weighted by atomic mass is 10.3. The van der Waals surface area contributed by atoms with Crippen LogP contribution in [0.25, 0.3) is 0 Å². The van der Waals surface area contributed by atoms with Gasteiger partial charge in [0.15, 0.2) is 6.10 Å². The summed E-state index contributed by atoms with van der Waals surface area (Å²) >= 11 is 0. The van der Waals surface area contributed by atoms with Crippen LogP contribution in [-0.2, 0) is 7.05 Å². The van der Waals surface area contributed by atoms with Crippen LogP contribution >= 0.6 is 0 Å². The summed E-state index contributed by atoms with van der Waals surface area (Å²) in [6, 6.07) is 0. The fourth-order valence-electron chi connectivity index (χ4n) is 1.19. The highest BCUT2D eigenvalue weighted by molar-refractivity contribution is 5.64. The number of nitrogens with one attached hydrogen (secondary N) is 1. The molecule has 1 rings (SSSR count). The molecule has 0 spiro atoms. The predicted octanol–water partition coefficient (Wildman–Crippen LogP) is 0.646. The van der Waals surface area contributed by atoms with E-state index in [1.165, 1.54) is 4.68 Å². The SMILES string of the molecule is Cc1nn(C)c(NCC(O)C(F)(F)F)c1N. The minimum Gasteiger partial charge on any atom is -0.394 e. The molecule has 0 amide bonds. The first kappa shape index (κ1) is 12.6. The van der Waals surface area contributed by atoms with Gasteiger partial charge in [0.1, 0.15) is 5.82 Å². The van der Waals surface area contributed by atoms with Gasteiger partial charge in [-0.25, -0.2) is 0 Å². The molecule has 0 saturated carbocycles. The van der Waals surface area contributed by atoms with Crippen LogP contribution in [0.3, 0.4) is 0 Å². The molecule has 0 fully saturated rings. The van der Waals surface area contributed by atoms with Crippen molar-refractivity contribution in [2.75, 3.05) is 17.6 Å². The minimum atomic E-state index is -4.64. The summed E-state index contributed by atoms with van der Waals surface area (Å²) in [6.45, 7) is 0.980. The third-order valence-corrected chi connectivity index (χ3v) is 2.11. The summed E-state index contributed by atoms with van der Waals surface area (Å²) in [6.07, 6.45) is -7.07. The van der Waals surface area contributed by atoms with E-state index in [9.17, 15) is 13.2 Å². The second kappa shape index (κ2) is 4.20. The molecule has 1 unspecified atom stereocenters. The Morgan fingerprint density at radius 1 is 1.56 bits per heavy atom. The lowest BCUT2D eigenvalue weighted by Gasteiger charge is -2.16. The van der Waals surface area contributed by atoms with Crippen molar-refractivity contribution in [2.24, 2.45) is 7.05 Å². The number of aryl methyl sites for hydroxylation is 2. The molecule has 0 aromatic carbocycles. The highest BCUT2D eigenvalue weighted by Crippen LogP contribution is 2.23. The van der Waals surface area contributed by atoms with Crippen LogP contribution in [-0.4, -0.2) is 33.7 Å². The fraction of sp³-hybridized carbons (Fsp3) is 0.625. The maximum atomic E-state index is 12.0. The van der Waals surface area contributed by atoms with Gasteiger partial charge >= 0.3 is 6.18 Å². The lowest BCUT2D eigenvalue weighted by molar-refractivity contribution is -0.198. The van der Waals surface area contributed by atoms with E-state index in [2.05, 4.69) is 10.4 Å². The van der Waals surface area contributed by atoms with Gasteiger partial charge in [0.2, 0.25) is 0 Å². The third kappa shape index (κ3) is 2.57. The monoisotopic (exact) mass is 238 g/mol. The zero-order valence-electron chi connectivity index (χ0n) is 8.84. The summed E-state index contributed by atoms with van der Waals surface area (Å²) < 4.78 is 37.4. The molecule has 92 valence electrons. The molecular formula is C8H13F3N4O. The molecule has 0 aliphatic carbocycles. The maximum Gasteiger partial charge on any atom is 0.416 e. The predicted molar refractivity (Wildman–Crippen MR) is 52.9 cm³/mol. The number of aromatic nitrogens is 2. The van der Waals surface area contributed by atoms with Crippen LogP contribution in [0.2, 0.25) is 0 Å². The molecule has 1 aromatic heterocycles. The largest absolute Gasteiger partial charge is 0.416 e. The number of nitrogens with two attached hydrogens (primary N) is 1. The zero-order chi connectivity index (χ0) is 12.5. The number of aliphatic hydroxyl groups excluding tert-OH is 1. The van der Waals surface area contributed by atoms with Gasteiger partial charge in [-0.1, -0.05) is 0 Å². The molecule has 8 heteroatoms. The Kier molecular flexibility index (Phi) is 3.32. The van der Waals surface area contributed by atoms with Gasteiger partial charge in [-0.15, -0.1) is 0 Å². The Morgan fingerprint density at radius 2 is 2.12 bits per heavy atom. The number of nitrogen functional groups attached to an aromatic ring is 1. The van der Waals surface area contributed by atoms with E-state index in [-0.39, 0.29) is 11.5 Å². The molecule has 16 heavy (non-hydrogen) atoms. The number of anilines is 2. The number of halogens is 3. The van der Waals surface area contributed by atoms with Gasteiger partial charge in [0, 0.05) is 7.05 Å². The Balaban J connectivity index is 2.68. The van der Waals surface area contributed by atoms with E-state index in [0.717, 1.165) is 0 Å². The van der Waals surface area contributed by atoms with Gasteiger partial charge in [0.25, 0.3) is 0 Å². The average Bonchev–Trinajstić information content (AvgIpc) is 2.37. The number of alkyl halides is 3. The molecule has 5 nitrogen and oxygen atoms in total. The first-order valence-corrected chi connectivity index (χ1v) is 4.51. The lowest BCUT2D eigenvalue weighted by Crippen LogP contribution is -2.35. The number of rotatable bonds is 3. The second-order valence-corrected chi connectivity index (χ2v) is 3.41. The average molecular weight is 238 g/mol. The van der Waals surface area contributed by atoms with Gasteiger partial charge in [-0.2, -0.15) is 18.3 Å². The van der Waals surface area contributed by atoms with Crippen molar-refractivity contribution in [1.29, 1.82) is 0 Å². The fourth-order valence-corrected chi connectivity index (χ4v) is 1.19. The summed E-state index contributed by atoms with van der Waals surface area (Å²) in [7, 11) is 1.55. The van der Waals surface area contributed by atoms with Crippen molar-refractivity contribution in [3.05, 3.63) is 5.69 Å². The zero-order valence-corrected chi connectivity index (χ0v) is 8.84. The van der Waals surface area contributed by atoms with Crippen LogP contribution < -0.4 is 11.1 Å². The summed E-state index contributed by atoms with van der Waals surface area (Å²) in [5, 5.41) is 15.1. The quantitative estimate of drug-likeness (QED) is 0.722. The van der Waals surface area contributed by atoms with E-state index in [1.54, 1.807) is 14.0 Å². The second-order valence-electron chi connectivity index (χ2n) is 3.41. The highest BCUT2D eigenvalue weighted by Gasteiger charge is 2.38. The van der Waals surface area contributed by atoms with E-state index in [4.69, 9.17) is 10.8 Å². The topological polar surface area (TPSA) is 76.1 Å². The van der Waals surface area contributed by atoms with Crippen LogP contribution in [0, 0.1) is 6.92 Å². The third-order valence-electron chi connectivity index (χ3n) is 2.11. The molecule has 1 heterocycles. The number of aliphatic hydroxyl groups is 1. The van der Waals surface area contributed by atoms with Crippen LogP contribution in [0.15, 0.2) is 0 Å². The molecular weight excluding hydrogens is 225 g/mol. The van der Waals surface area contributed by atoms with E-state index in [1.807, 2.05) is 0 Å². The van der Waals surface area contributed by atoms with E-state index < -0.39 is 18.8 Å². The highest BCUT2D eigenvalue weighted by atomic mass is 19.4. The van der Waals surface area contributed by atoms with Crippen molar-refractivity contribution < 1.29 is 18.3 Å². The Bertz CT molecular complexity index is 374. The first-order chi connectivity index (χ1) is 7.23. The van der Waals surface area contributed by atoms with Crippen molar-refractivity contribution >= 4 is 11.5 Å². The standard InChI is InChI=1S/C8H13F3N4O/c1-4-6(12)7(15(2)14-4)13-3-5(16)8(9,10)11/h5,13,16H,3,12H2,1-2H3. The summed E-state index contributed by atoms with van der Waals surface area (Å²) in [5.41, 5.74) is 6.38. The van der Waals surface area contributed by atoms with E-state index in [0.29, 0.717) is 5.69 Å². The van der Waals surface area contributed by atoms with Gasteiger partial charge in [0.05, 0.1) is 17.9 Å². The smallest absolute Gasteiger partial charge is 0.394 e. The van der Waals surface area contributed by atoms with Crippen LogP contribution in [0.1, 0.15) is 5.69 Å². The van der Waals surface area contributed by atoms with Crippen molar-refractivity contribution in [3.63, 3.8) is 0 Å². The summed E-state index contributed by atoms with van der Waals surface area (Å²) in [4.78, 5) is 0. The van der Waals surface area contributed by atoms with E-state index >= 15 is 0 Å². The van der Waals surface area contributed by atoms with Gasteiger partial charge in [-0.3, -0.25) is 4.68 Å². The number of hydrogen-bond donors (Lipinski definition) is 3. The normalized spacial score (nSPS) is 13.9. The molecule has 4 N–H and O–H groups in total. The molecule has 0 bridgehead atoms. The van der Waals surface area contributed by atoms with Crippen LogP contribution in [0.4, 0.5) is 24.7 Å². The van der Waals surface area contributed by atoms with Gasteiger partial charge in [-0.05, 0) is 6.92 Å². The molecule has 1 atom stereocenters. The Hall–Kier alpha value is -1.44. The van der Waals surface area contributed by atoms with Gasteiger partial charge < -0.3 is 16.2 Å². The van der Waals surface area contributed by atoms with Crippen molar-refractivity contribution in [2.45, 2.75) is 19.2 Å². The number of hydrogen-bond acceptors (Lipinski definition) is 4. The van der Waals surface area contributed by atoms with Crippen molar-refractivity contribution in [1.82, 2.24) is 9.78 Å². The number of nitrogens with zero attached hydrogens (tertiary/aromatic N) is 2. The summed E-state index contributed by atoms with van der Waals surface area (Å²) in [5.74, 6) is 0.265. The molecule has 0 saturated heterocycles. The maximum absolute atomic E-state index is 12.0. The Labute approximate surface area is 90.0 Å². The molecule has 0 radical (unpaired) electrons. The molecule has 1 aromatic rings. The molecule has 0 aliphatic heterocycles. The Morgan fingerprint density at radius 3 is 2.50 bits per heavy atom. The minimum absolute atomic E-state index is 0.265. The van der Waals surface area contributed by atoms with Crippen LogP contribution in [0.5, 0.6) is 0 Å². The molecule has 0 aliphatic rings. The van der Waals surface area contributed by atoms with Crippen molar-refractivity contribution in [3.8, 4) is 0 Å².